The summed E-state index contributed by atoms with van der Waals surface area (Å²) in [6, 6.07) is 11.0. The number of hydrogen-bond donors (Lipinski definition) is 0. The fourth-order valence-corrected chi connectivity index (χ4v) is 3.18. The van der Waals surface area contributed by atoms with Gasteiger partial charge >= 0.3 is 0 Å². The van der Waals surface area contributed by atoms with Gasteiger partial charge in [-0.1, -0.05) is 0 Å². The number of hydrogen-bond acceptors (Lipinski definition) is 5. The molecule has 0 saturated carbocycles. The lowest BCUT2D eigenvalue weighted by Crippen LogP contribution is -2.28. The van der Waals surface area contributed by atoms with Gasteiger partial charge in [0, 0.05) is 12.6 Å². The van der Waals surface area contributed by atoms with Crippen LogP contribution >= 0.6 is 11.8 Å². The van der Waals surface area contributed by atoms with E-state index in [0.717, 1.165) is 11.4 Å². The number of furan rings is 1. The SMILES string of the molecule is CCN1C(=O)/C(=C\c2ccco2)SC1=Nc1ccc(OC)cc1. The highest BCUT2D eigenvalue weighted by molar-refractivity contribution is 8.18. The van der Waals surface area contributed by atoms with E-state index in [0.29, 0.717) is 22.4 Å². The molecule has 0 aliphatic carbocycles. The molecule has 6 heteroatoms. The minimum absolute atomic E-state index is 0.0545. The summed E-state index contributed by atoms with van der Waals surface area (Å²) in [4.78, 5) is 19.3. The molecule has 0 unspecified atom stereocenters. The van der Waals surface area contributed by atoms with E-state index >= 15 is 0 Å². The molecular formula is C17H16N2O3S. The summed E-state index contributed by atoms with van der Waals surface area (Å²) in [5.41, 5.74) is 0.777. The van der Waals surface area contributed by atoms with Crippen molar-refractivity contribution in [2.24, 2.45) is 4.99 Å². The number of carbonyl (C=O) groups is 1. The van der Waals surface area contributed by atoms with Crippen LogP contribution < -0.4 is 4.74 Å². The van der Waals surface area contributed by atoms with Gasteiger partial charge in [-0.2, -0.15) is 0 Å². The minimum Gasteiger partial charge on any atom is -0.497 e. The largest absolute Gasteiger partial charge is 0.497 e. The summed E-state index contributed by atoms with van der Waals surface area (Å²) in [6.07, 6.45) is 3.33. The highest BCUT2D eigenvalue weighted by atomic mass is 32.2. The van der Waals surface area contributed by atoms with E-state index in [4.69, 9.17) is 9.15 Å². The lowest BCUT2D eigenvalue weighted by Gasteiger charge is -2.12. The van der Waals surface area contributed by atoms with Crippen molar-refractivity contribution in [2.45, 2.75) is 6.92 Å². The van der Waals surface area contributed by atoms with Gasteiger partial charge in [-0.3, -0.25) is 9.69 Å². The third-order valence-electron chi connectivity index (χ3n) is 3.32. The van der Waals surface area contributed by atoms with E-state index in [1.54, 1.807) is 30.4 Å². The van der Waals surface area contributed by atoms with Gasteiger partial charge in [0.1, 0.15) is 11.5 Å². The zero-order chi connectivity index (χ0) is 16.2. The Hall–Kier alpha value is -2.47. The zero-order valence-electron chi connectivity index (χ0n) is 12.9. The van der Waals surface area contributed by atoms with Crippen LogP contribution in [0.2, 0.25) is 0 Å². The molecule has 2 heterocycles. The molecular weight excluding hydrogens is 312 g/mol. The van der Waals surface area contributed by atoms with Crippen molar-refractivity contribution < 1.29 is 13.9 Å². The molecule has 1 aliphatic rings. The number of rotatable bonds is 4. The van der Waals surface area contributed by atoms with E-state index in [2.05, 4.69) is 4.99 Å². The van der Waals surface area contributed by atoms with Crippen molar-refractivity contribution in [3.63, 3.8) is 0 Å². The van der Waals surface area contributed by atoms with Crippen molar-refractivity contribution in [1.29, 1.82) is 0 Å². The van der Waals surface area contributed by atoms with Crippen LogP contribution in [-0.4, -0.2) is 29.6 Å². The van der Waals surface area contributed by atoms with Crippen LogP contribution in [0.4, 0.5) is 5.69 Å². The van der Waals surface area contributed by atoms with Gasteiger partial charge in [0.25, 0.3) is 5.91 Å². The number of thioether (sulfide) groups is 1. The maximum atomic E-state index is 12.5. The maximum absolute atomic E-state index is 12.5. The Balaban J connectivity index is 1.89. The molecule has 3 rings (SSSR count). The predicted molar refractivity (Wildman–Crippen MR) is 91.8 cm³/mol. The first-order valence-electron chi connectivity index (χ1n) is 7.19. The average Bonchev–Trinajstić information content (AvgIpc) is 3.17. The monoisotopic (exact) mass is 328 g/mol. The molecule has 2 aromatic rings. The zero-order valence-corrected chi connectivity index (χ0v) is 13.7. The summed E-state index contributed by atoms with van der Waals surface area (Å²) in [5, 5.41) is 0.667. The third kappa shape index (κ3) is 3.32. The molecule has 0 N–H and O–H groups in total. The van der Waals surface area contributed by atoms with E-state index in [1.807, 2.05) is 37.3 Å². The number of amidine groups is 1. The Morgan fingerprint density at radius 1 is 1.30 bits per heavy atom. The van der Waals surface area contributed by atoms with E-state index in [-0.39, 0.29) is 5.91 Å². The quantitative estimate of drug-likeness (QED) is 0.799. The molecule has 23 heavy (non-hydrogen) atoms. The summed E-state index contributed by atoms with van der Waals surface area (Å²) >= 11 is 1.35. The number of methoxy groups -OCH3 is 1. The second-order valence-electron chi connectivity index (χ2n) is 4.77. The van der Waals surface area contributed by atoms with Crippen LogP contribution in [0, 0.1) is 0 Å². The van der Waals surface area contributed by atoms with Gasteiger partial charge in [0.2, 0.25) is 0 Å². The number of amides is 1. The van der Waals surface area contributed by atoms with Crippen molar-refractivity contribution in [1.82, 2.24) is 4.90 Å². The lowest BCUT2D eigenvalue weighted by molar-refractivity contribution is -0.122. The molecule has 1 aromatic heterocycles. The normalized spacial score (nSPS) is 18.2. The molecule has 118 valence electrons. The Labute approximate surface area is 138 Å². The first kappa shape index (κ1) is 15.4. The van der Waals surface area contributed by atoms with Crippen molar-refractivity contribution in [3.05, 3.63) is 53.3 Å². The highest BCUT2D eigenvalue weighted by Crippen LogP contribution is 2.34. The van der Waals surface area contributed by atoms with Crippen LogP contribution in [0.25, 0.3) is 6.08 Å². The van der Waals surface area contributed by atoms with Gasteiger partial charge in [0.05, 0.1) is 24.0 Å². The molecule has 1 aromatic carbocycles. The summed E-state index contributed by atoms with van der Waals surface area (Å²) in [6.45, 7) is 2.49. The second-order valence-corrected chi connectivity index (χ2v) is 5.78. The van der Waals surface area contributed by atoms with E-state index < -0.39 is 0 Å². The van der Waals surface area contributed by atoms with Crippen LogP contribution in [0.1, 0.15) is 12.7 Å². The minimum atomic E-state index is -0.0545. The number of aliphatic imine (C=N–C) groups is 1. The fraction of sp³-hybridized carbons (Fsp3) is 0.176. The summed E-state index contributed by atoms with van der Waals surface area (Å²) in [7, 11) is 1.62. The third-order valence-corrected chi connectivity index (χ3v) is 4.32. The molecule has 1 aliphatic heterocycles. The number of ether oxygens (including phenoxy) is 1. The number of benzene rings is 1. The van der Waals surface area contributed by atoms with Gasteiger partial charge in [-0.15, -0.1) is 0 Å². The summed E-state index contributed by atoms with van der Waals surface area (Å²) < 4.78 is 10.4. The highest BCUT2D eigenvalue weighted by Gasteiger charge is 2.32. The average molecular weight is 328 g/mol. The smallest absolute Gasteiger partial charge is 0.266 e. The topological polar surface area (TPSA) is 55.0 Å². The number of likely N-dealkylation sites (N-methyl/N-ethyl adjacent to an activating group) is 1. The lowest BCUT2D eigenvalue weighted by atomic mass is 10.3. The predicted octanol–water partition coefficient (Wildman–Crippen LogP) is 3.91. The van der Waals surface area contributed by atoms with Crippen LogP contribution in [0.15, 0.2) is 57.0 Å². The van der Waals surface area contributed by atoms with Crippen LogP contribution in [-0.2, 0) is 4.79 Å². The molecule has 5 nitrogen and oxygen atoms in total. The van der Waals surface area contributed by atoms with Crippen LogP contribution in [0.3, 0.4) is 0 Å². The molecule has 1 fully saturated rings. The van der Waals surface area contributed by atoms with Gasteiger partial charge in [-0.25, -0.2) is 4.99 Å². The molecule has 0 bridgehead atoms. The Morgan fingerprint density at radius 2 is 2.09 bits per heavy atom. The van der Waals surface area contributed by atoms with Crippen molar-refractivity contribution >= 4 is 34.6 Å². The van der Waals surface area contributed by atoms with E-state index in [9.17, 15) is 4.79 Å². The van der Waals surface area contributed by atoms with Gasteiger partial charge < -0.3 is 9.15 Å². The van der Waals surface area contributed by atoms with Gasteiger partial charge in [-0.05, 0) is 55.1 Å². The Bertz CT molecular complexity index is 749. The first-order chi connectivity index (χ1) is 11.2. The van der Waals surface area contributed by atoms with Crippen molar-refractivity contribution in [3.8, 4) is 5.75 Å². The number of nitrogens with zero attached hydrogens (tertiary/aromatic N) is 2. The Kier molecular flexibility index (Phi) is 4.52. The van der Waals surface area contributed by atoms with Crippen molar-refractivity contribution in [2.75, 3.05) is 13.7 Å². The van der Waals surface area contributed by atoms with Gasteiger partial charge in [0.15, 0.2) is 5.17 Å². The second kappa shape index (κ2) is 6.75. The standard InChI is InChI=1S/C17H16N2O3S/c1-3-19-16(20)15(11-14-5-4-10-22-14)23-17(19)18-12-6-8-13(21-2)9-7-12/h4-11H,3H2,1-2H3/b15-11+,18-17?. The van der Waals surface area contributed by atoms with E-state index in [1.165, 1.54) is 11.8 Å². The molecule has 0 spiro atoms. The fourth-order valence-electron chi connectivity index (χ4n) is 2.14. The number of carbonyl (C=O) groups excluding carboxylic acids is 1. The molecule has 0 radical (unpaired) electrons. The molecule has 1 amide bonds. The molecule has 1 saturated heterocycles. The maximum Gasteiger partial charge on any atom is 0.266 e. The van der Waals surface area contributed by atoms with Crippen LogP contribution in [0.5, 0.6) is 5.75 Å². The first-order valence-corrected chi connectivity index (χ1v) is 8.00. The summed E-state index contributed by atoms with van der Waals surface area (Å²) in [5.74, 6) is 1.37. The Morgan fingerprint density at radius 3 is 2.70 bits per heavy atom. The molecule has 0 atom stereocenters.